The maximum absolute atomic E-state index is 12.6. The standard InChI is InChI=1S/C19H20N2O4/c1-12-5-6-16(11-13(12)2)18(22)14(3)20(4)19(23)15-7-9-17(10-8-15)21(24)25/h5-11,14H,1-4H3. The summed E-state index contributed by atoms with van der Waals surface area (Å²) in [6.45, 7) is 5.57. The van der Waals surface area contributed by atoms with Gasteiger partial charge in [0, 0.05) is 30.3 Å². The summed E-state index contributed by atoms with van der Waals surface area (Å²) in [7, 11) is 1.55. The molecule has 6 nitrogen and oxygen atoms in total. The Bertz CT molecular complexity index is 828. The van der Waals surface area contributed by atoms with Gasteiger partial charge in [0.05, 0.1) is 11.0 Å². The molecule has 0 saturated carbocycles. The highest BCUT2D eigenvalue weighted by Gasteiger charge is 2.25. The maximum atomic E-state index is 12.6. The molecule has 0 N–H and O–H groups in total. The first kappa shape index (κ1) is 18.3. The summed E-state index contributed by atoms with van der Waals surface area (Å²) in [6, 6.07) is 10.1. The second-order valence-corrected chi connectivity index (χ2v) is 6.06. The van der Waals surface area contributed by atoms with Crippen LogP contribution in [0.2, 0.25) is 0 Å². The van der Waals surface area contributed by atoms with Crippen LogP contribution in [0.15, 0.2) is 42.5 Å². The summed E-state index contributed by atoms with van der Waals surface area (Å²) >= 11 is 0. The summed E-state index contributed by atoms with van der Waals surface area (Å²) in [6.07, 6.45) is 0. The van der Waals surface area contributed by atoms with Gasteiger partial charge >= 0.3 is 0 Å². The lowest BCUT2D eigenvalue weighted by atomic mass is 9.99. The van der Waals surface area contributed by atoms with Gasteiger partial charge in [0.15, 0.2) is 5.78 Å². The Hall–Kier alpha value is -3.02. The van der Waals surface area contributed by atoms with Crippen molar-refractivity contribution in [3.8, 4) is 0 Å². The zero-order valence-electron chi connectivity index (χ0n) is 14.6. The topological polar surface area (TPSA) is 80.5 Å². The van der Waals surface area contributed by atoms with Crippen LogP contribution in [0.3, 0.4) is 0 Å². The zero-order valence-corrected chi connectivity index (χ0v) is 14.6. The van der Waals surface area contributed by atoms with Gasteiger partial charge in [0.25, 0.3) is 11.6 Å². The number of nitrogens with zero attached hydrogens (tertiary/aromatic N) is 2. The monoisotopic (exact) mass is 340 g/mol. The largest absolute Gasteiger partial charge is 0.332 e. The van der Waals surface area contributed by atoms with Crippen molar-refractivity contribution in [3.63, 3.8) is 0 Å². The van der Waals surface area contributed by atoms with Gasteiger partial charge in [-0.1, -0.05) is 12.1 Å². The lowest BCUT2D eigenvalue weighted by Gasteiger charge is -2.24. The van der Waals surface area contributed by atoms with Crippen molar-refractivity contribution in [1.29, 1.82) is 0 Å². The average molecular weight is 340 g/mol. The van der Waals surface area contributed by atoms with Gasteiger partial charge in [-0.25, -0.2) is 0 Å². The van der Waals surface area contributed by atoms with Crippen molar-refractivity contribution in [1.82, 2.24) is 4.90 Å². The predicted molar refractivity (Wildman–Crippen MR) is 94.9 cm³/mol. The Morgan fingerprint density at radius 3 is 2.08 bits per heavy atom. The SMILES string of the molecule is Cc1ccc(C(=O)C(C)N(C)C(=O)c2ccc([N+](=O)[O-])cc2)cc1C. The molecule has 0 spiro atoms. The van der Waals surface area contributed by atoms with Crippen molar-refractivity contribution in [2.24, 2.45) is 0 Å². The number of hydrogen-bond acceptors (Lipinski definition) is 4. The van der Waals surface area contributed by atoms with Crippen LogP contribution in [-0.2, 0) is 0 Å². The van der Waals surface area contributed by atoms with Crippen LogP contribution < -0.4 is 0 Å². The minimum atomic E-state index is -0.648. The third-order valence-electron chi connectivity index (χ3n) is 4.40. The van der Waals surface area contributed by atoms with Crippen LogP contribution in [0.5, 0.6) is 0 Å². The fourth-order valence-corrected chi connectivity index (χ4v) is 2.42. The maximum Gasteiger partial charge on any atom is 0.269 e. The van der Waals surface area contributed by atoms with Gasteiger partial charge in [-0.15, -0.1) is 0 Å². The van der Waals surface area contributed by atoms with Gasteiger partial charge < -0.3 is 4.90 Å². The van der Waals surface area contributed by atoms with E-state index in [-0.39, 0.29) is 17.4 Å². The summed E-state index contributed by atoms with van der Waals surface area (Å²) in [5.41, 5.74) is 2.88. The van der Waals surface area contributed by atoms with E-state index in [2.05, 4.69) is 0 Å². The van der Waals surface area contributed by atoms with Crippen LogP contribution in [0, 0.1) is 24.0 Å². The molecule has 0 fully saturated rings. The molecule has 0 aliphatic heterocycles. The summed E-state index contributed by atoms with van der Waals surface area (Å²) in [5.74, 6) is -0.513. The molecule has 6 heteroatoms. The molecule has 0 saturated heterocycles. The van der Waals surface area contributed by atoms with Crippen LogP contribution in [0.25, 0.3) is 0 Å². The highest BCUT2D eigenvalue weighted by Crippen LogP contribution is 2.17. The van der Waals surface area contributed by atoms with E-state index < -0.39 is 11.0 Å². The van der Waals surface area contributed by atoms with E-state index in [1.54, 1.807) is 20.0 Å². The van der Waals surface area contributed by atoms with E-state index in [9.17, 15) is 19.7 Å². The number of non-ortho nitro benzene ring substituents is 1. The molecule has 1 amide bonds. The number of carbonyl (C=O) groups excluding carboxylic acids is 2. The molecule has 1 unspecified atom stereocenters. The fourth-order valence-electron chi connectivity index (χ4n) is 2.42. The average Bonchev–Trinajstić information content (AvgIpc) is 2.61. The zero-order chi connectivity index (χ0) is 18.7. The Kier molecular flexibility index (Phi) is 5.32. The number of nitro groups is 1. The molecule has 0 bridgehead atoms. The molecule has 25 heavy (non-hydrogen) atoms. The number of hydrogen-bond donors (Lipinski definition) is 0. The number of ketones is 1. The molecule has 0 radical (unpaired) electrons. The number of Topliss-reactive ketones (excluding diaryl/α,β-unsaturated/α-hetero) is 1. The second-order valence-electron chi connectivity index (χ2n) is 6.06. The Balaban J connectivity index is 2.18. The van der Waals surface area contributed by atoms with E-state index in [4.69, 9.17) is 0 Å². The minimum absolute atomic E-state index is 0.0848. The molecule has 2 aromatic rings. The molecule has 130 valence electrons. The first-order chi connectivity index (χ1) is 11.7. The quantitative estimate of drug-likeness (QED) is 0.473. The highest BCUT2D eigenvalue weighted by atomic mass is 16.6. The molecule has 2 rings (SSSR count). The Morgan fingerprint density at radius 1 is 1.00 bits per heavy atom. The van der Waals surface area contributed by atoms with Crippen molar-refractivity contribution >= 4 is 17.4 Å². The predicted octanol–water partition coefficient (Wildman–Crippen LogP) is 3.56. The Morgan fingerprint density at radius 2 is 1.56 bits per heavy atom. The smallest absolute Gasteiger partial charge is 0.269 e. The molecule has 0 aromatic heterocycles. The van der Waals surface area contributed by atoms with Gasteiger partial charge in [0.1, 0.15) is 0 Å². The number of amides is 1. The molecule has 0 aliphatic carbocycles. The summed E-state index contributed by atoms with van der Waals surface area (Å²) in [4.78, 5) is 36.7. The molecule has 1 atom stereocenters. The molecule has 0 aliphatic rings. The van der Waals surface area contributed by atoms with Gasteiger partial charge in [0.2, 0.25) is 0 Å². The van der Waals surface area contributed by atoms with Gasteiger partial charge in [-0.05, 0) is 50.1 Å². The van der Waals surface area contributed by atoms with Gasteiger partial charge in [-0.2, -0.15) is 0 Å². The van der Waals surface area contributed by atoms with E-state index >= 15 is 0 Å². The number of likely N-dealkylation sites (N-methyl/N-ethyl adjacent to an activating group) is 1. The van der Waals surface area contributed by atoms with Crippen molar-refractivity contribution < 1.29 is 14.5 Å². The second kappa shape index (κ2) is 7.25. The van der Waals surface area contributed by atoms with E-state index in [0.29, 0.717) is 11.1 Å². The normalized spacial score (nSPS) is 11.7. The number of rotatable bonds is 5. The molecular formula is C19H20N2O4. The van der Waals surface area contributed by atoms with E-state index in [0.717, 1.165) is 11.1 Å². The van der Waals surface area contributed by atoms with Gasteiger partial charge in [-0.3, -0.25) is 19.7 Å². The van der Waals surface area contributed by atoms with Crippen molar-refractivity contribution in [2.75, 3.05) is 7.05 Å². The molecule has 2 aromatic carbocycles. The fraction of sp³-hybridized carbons (Fsp3) is 0.263. The number of carbonyl (C=O) groups is 2. The first-order valence-corrected chi connectivity index (χ1v) is 7.85. The molecule has 0 heterocycles. The molecular weight excluding hydrogens is 320 g/mol. The van der Waals surface area contributed by atoms with Crippen molar-refractivity contribution in [2.45, 2.75) is 26.8 Å². The summed E-state index contributed by atoms with van der Waals surface area (Å²) in [5, 5.41) is 10.7. The number of nitro benzene ring substituents is 1. The summed E-state index contributed by atoms with van der Waals surface area (Å²) < 4.78 is 0. The lowest BCUT2D eigenvalue weighted by molar-refractivity contribution is -0.384. The van der Waals surface area contributed by atoms with Crippen LogP contribution in [0.1, 0.15) is 38.8 Å². The van der Waals surface area contributed by atoms with Crippen molar-refractivity contribution in [3.05, 3.63) is 74.8 Å². The third-order valence-corrected chi connectivity index (χ3v) is 4.40. The minimum Gasteiger partial charge on any atom is -0.332 e. The van der Waals surface area contributed by atoms with Crippen LogP contribution in [-0.4, -0.2) is 34.6 Å². The number of benzene rings is 2. The third kappa shape index (κ3) is 3.91. The van der Waals surface area contributed by atoms with E-state index in [1.807, 2.05) is 26.0 Å². The highest BCUT2D eigenvalue weighted by molar-refractivity contribution is 6.04. The van der Waals surface area contributed by atoms with Crippen LogP contribution in [0.4, 0.5) is 5.69 Å². The van der Waals surface area contributed by atoms with E-state index in [1.165, 1.54) is 29.2 Å². The lowest BCUT2D eigenvalue weighted by Crippen LogP contribution is -2.40. The Labute approximate surface area is 146 Å². The first-order valence-electron chi connectivity index (χ1n) is 7.85. The van der Waals surface area contributed by atoms with Crippen LogP contribution >= 0.6 is 0 Å². The number of aryl methyl sites for hydroxylation is 2.